The molecule has 1 amide bonds. The SMILES string of the molecule is Cc1c(C(=O)Nc2cccc(C#Cc3ccccc3)c2)cnn1C. The monoisotopic (exact) mass is 315 g/mol. The Morgan fingerprint density at radius 1 is 1.04 bits per heavy atom. The summed E-state index contributed by atoms with van der Waals surface area (Å²) in [4.78, 5) is 12.3. The van der Waals surface area contributed by atoms with Gasteiger partial charge < -0.3 is 5.32 Å². The van der Waals surface area contributed by atoms with Crippen molar-refractivity contribution in [1.82, 2.24) is 9.78 Å². The minimum atomic E-state index is -0.172. The molecule has 1 heterocycles. The number of amides is 1. The minimum absolute atomic E-state index is 0.172. The second kappa shape index (κ2) is 6.84. The van der Waals surface area contributed by atoms with E-state index in [9.17, 15) is 4.79 Å². The van der Waals surface area contributed by atoms with Crippen LogP contribution in [-0.4, -0.2) is 15.7 Å². The molecule has 1 aromatic heterocycles. The normalized spacial score (nSPS) is 9.92. The maximum Gasteiger partial charge on any atom is 0.259 e. The lowest BCUT2D eigenvalue weighted by Crippen LogP contribution is -2.13. The van der Waals surface area contributed by atoms with Crippen LogP contribution in [0.1, 0.15) is 27.2 Å². The average Bonchev–Trinajstić information content (AvgIpc) is 2.94. The number of anilines is 1. The van der Waals surface area contributed by atoms with Gasteiger partial charge in [-0.2, -0.15) is 5.10 Å². The second-order valence-corrected chi connectivity index (χ2v) is 5.42. The highest BCUT2D eigenvalue weighted by molar-refractivity contribution is 6.04. The molecule has 3 rings (SSSR count). The van der Waals surface area contributed by atoms with Crippen molar-refractivity contribution in [3.8, 4) is 11.8 Å². The molecule has 2 aromatic carbocycles. The lowest BCUT2D eigenvalue weighted by molar-refractivity contribution is 0.102. The molecule has 0 atom stereocenters. The molecule has 3 aromatic rings. The van der Waals surface area contributed by atoms with Crippen molar-refractivity contribution < 1.29 is 4.79 Å². The Hall–Kier alpha value is -3.32. The molecular formula is C20H17N3O. The highest BCUT2D eigenvalue weighted by Crippen LogP contribution is 2.13. The molecule has 0 saturated carbocycles. The van der Waals surface area contributed by atoms with Crippen LogP contribution >= 0.6 is 0 Å². The van der Waals surface area contributed by atoms with Gasteiger partial charge in [0, 0.05) is 29.6 Å². The van der Waals surface area contributed by atoms with Crippen molar-refractivity contribution in [1.29, 1.82) is 0 Å². The van der Waals surface area contributed by atoms with Gasteiger partial charge in [-0.05, 0) is 37.3 Å². The molecule has 24 heavy (non-hydrogen) atoms. The molecule has 0 saturated heterocycles. The van der Waals surface area contributed by atoms with Gasteiger partial charge in [-0.1, -0.05) is 36.1 Å². The second-order valence-electron chi connectivity index (χ2n) is 5.42. The number of carbonyl (C=O) groups excluding carboxylic acids is 1. The fourth-order valence-electron chi connectivity index (χ4n) is 2.26. The van der Waals surface area contributed by atoms with Gasteiger partial charge in [0.2, 0.25) is 0 Å². The van der Waals surface area contributed by atoms with E-state index < -0.39 is 0 Å². The molecule has 0 aliphatic rings. The third-order valence-corrected chi connectivity index (χ3v) is 3.73. The van der Waals surface area contributed by atoms with Gasteiger partial charge in [0.05, 0.1) is 11.8 Å². The molecule has 4 heteroatoms. The first-order valence-corrected chi connectivity index (χ1v) is 7.60. The predicted octanol–water partition coefficient (Wildman–Crippen LogP) is 3.38. The highest BCUT2D eigenvalue weighted by atomic mass is 16.1. The van der Waals surface area contributed by atoms with Gasteiger partial charge in [0.1, 0.15) is 0 Å². The third-order valence-electron chi connectivity index (χ3n) is 3.73. The van der Waals surface area contributed by atoms with Crippen LogP contribution < -0.4 is 5.32 Å². The summed E-state index contributed by atoms with van der Waals surface area (Å²) in [5.74, 6) is 6.05. The van der Waals surface area contributed by atoms with Crippen LogP contribution in [0.5, 0.6) is 0 Å². The van der Waals surface area contributed by atoms with E-state index in [1.54, 1.807) is 10.9 Å². The molecule has 0 unspecified atom stereocenters. The Balaban J connectivity index is 1.77. The average molecular weight is 315 g/mol. The Morgan fingerprint density at radius 3 is 2.46 bits per heavy atom. The first-order chi connectivity index (χ1) is 11.6. The summed E-state index contributed by atoms with van der Waals surface area (Å²) in [5.41, 5.74) is 3.91. The molecule has 0 bridgehead atoms. The van der Waals surface area contributed by atoms with Gasteiger partial charge in [0.25, 0.3) is 5.91 Å². The Kier molecular flexibility index (Phi) is 4.44. The third kappa shape index (κ3) is 3.53. The van der Waals surface area contributed by atoms with E-state index >= 15 is 0 Å². The van der Waals surface area contributed by atoms with Crippen molar-refractivity contribution in [2.24, 2.45) is 7.05 Å². The number of carbonyl (C=O) groups is 1. The van der Waals surface area contributed by atoms with Gasteiger partial charge in [0.15, 0.2) is 0 Å². The zero-order valence-corrected chi connectivity index (χ0v) is 13.6. The molecule has 0 aliphatic carbocycles. The molecule has 118 valence electrons. The predicted molar refractivity (Wildman–Crippen MR) is 94.8 cm³/mol. The molecule has 0 fully saturated rings. The van der Waals surface area contributed by atoms with Crippen molar-refractivity contribution in [2.75, 3.05) is 5.32 Å². The molecule has 0 spiro atoms. The first-order valence-electron chi connectivity index (χ1n) is 7.60. The molecule has 1 N–H and O–H groups in total. The van der Waals surface area contributed by atoms with E-state index in [1.807, 2.05) is 68.6 Å². The number of hydrogen-bond acceptors (Lipinski definition) is 2. The van der Waals surface area contributed by atoms with Crippen molar-refractivity contribution in [2.45, 2.75) is 6.92 Å². The van der Waals surface area contributed by atoms with Gasteiger partial charge in [-0.15, -0.1) is 0 Å². The Bertz CT molecular complexity index is 930. The largest absolute Gasteiger partial charge is 0.322 e. The van der Waals surface area contributed by atoms with Crippen molar-refractivity contribution >= 4 is 11.6 Å². The summed E-state index contributed by atoms with van der Waals surface area (Å²) in [5, 5.41) is 6.98. The zero-order chi connectivity index (χ0) is 16.9. The molecule has 0 aliphatic heterocycles. The number of aryl methyl sites for hydroxylation is 1. The van der Waals surface area contributed by atoms with E-state index in [0.29, 0.717) is 11.3 Å². The van der Waals surface area contributed by atoms with Crippen LogP contribution in [0.2, 0.25) is 0 Å². The van der Waals surface area contributed by atoms with Crippen LogP contribution in [0.25, 0.3) is 0 Å². The van der Waals surface area contributed by atoms with E-state index in [4.69, 9.17) is 0 Å². The van der Waals surface area contributed by atoms with Crippen molar-refractivity contribution in [3.63, 3.8) is 0 Å². The number of benzene rings is 2. The molecule has 4 nitrogen and oxygen atoms in total. The quantitative estimate of drug-likeness (QED) is 0.737. The summed E-state index contributed by atoms with van der Waals surface area (Å²) in [6.45, 7) is 1.86. The van der Waals surface area contributed by atoms with Crippen LogP contribution in [-0.2, 0) is 7.05 Å². The highest BCUT2D eigenvalue weighted by Gasteiger charge is 2.12. The summed E-state index contributed by atoms with van der Waals surface area (Å²) in [6.07, 6.45) is 1.57. The summed E-state index contributed by atoms with van der Waals surface area (Å²) in [6, 6.07) is 17.3. The fraction of sp³-hybridized carbons (Fsp3) is 0.100. The number of nitrogens with one attached hydrogen (secondary N) is 1. The fourth-order valence-corrected chi connectivity index (χ4v) is 2.26. The Morgan fingerprint density at radius 2 is 1.75 bits per heavy atom. The maximum absolute atomic E-state index is 12.3. The van der Waals surface area contributed by atoms with Gasteiger partial charge in [-0.3, -0.25) is 9.48 Å². The van der Waals surface area contributed by atoms with Gasteiger partial charge in [-0.25, -0.2) is 0 Å². The lowest BCUT2D eigenvalue weighted by Gasteiger charge is -2.05. The van der Waals surface area contributed by atoms with Crippen LogP contribution in [0.15, 0.2) is 60.8 Å². The number of nitrogens with zero attached hydrogens (tertiary/aromatic N) is 2. The zero-order valence-electron chi connectivity index (χ0n) is 13.6. The van der Waals surface area contributed by atoms with E-state index in [-0.39, 0.29) is 5.91 Å². The summed E-state index contributed by atoms with van der Waals surface area (Å²) in [7, 11) is 1.81. The number of hydrogen-bond donors (Lipinski definition) is 1. The van der Waals surface area contributed by atoms with Crippen LogP contribution in [0, 0.1) is 18.8 Å². The lowest BCUT2D eigenvalue weighted by atomic mass is 10.1. The molecular weight excluding hydrogens is 298 g/mol. The van der Waals surface area contributed by atoms with Crippen LogP contribution in [0.3, 0.4) is 0 Å². The van der Waals surface area contributed by atoms with E-state index in [0.717, 1.165) is 16.8 Å². The number of rotatable bonds is 2. The van der Waals surface area contributed by atoms with Gasteiger partial charge >= 0.3 is 0 Å². The van der Waals surface area contributed by atoms with E-state index in [1.165, 1.54) is 0 Å². The minimum Gasteiger partial charge on any atom is -0.322 e. The molecule has 0 radical (unpaired) electrons. The smallest absolute Gasteiger partial charge is 0.259 e. The Labute approximate surface area is 141 Å². The maximum atomic E-state index is 12.3. The van der Waals surface area contributed by atoms with Crippen molar-refractivity contribution in [3.05, 3.63) is 83.2 Å². The standard InChI is InChI=1S/C20H17N3O/c1-15-19(14-21-23(15)2)20(24)22-18-10-6-9-17(13-18)12-11-16-7-4-3-5-8-16/h3-10,13-14H,1-2H3,(H,22,24). The topological polar surface area (TPSA) is 46.9 Å². The summed E-state index contributed by atoms with van der Waals surface area (Å²) >= 11 is 0. The van der Waals surface area contributed by atoms with E-state index in [2.05, 4.69) is 22.3 Å². The van der Waals surface area contributed by atoms with Crippen LogP contribution in [0.4, 0.5) is 5.69 Å². The summed E-state index contributed by atoms with van der Waals surface area (Å²) < 4.78 is 1.68. The first kappa shape index (κ1) is 15.6. The number of aromatic nitrogens is 2.